The molecule has 0 heterocycles. The maximum Gasteiger partial charge on any atom is 0.186 e. The highest BCUT2D eigenvalue weighted by atomic mass is 35.5. The normalized spacial score (nSPS) is 11.2. The second-order valence-electron chi connectivity index (χ2n) is 5.42. The summed E-state index contributed by atoms with van der Waals surface area (Å²) in [6.07, 6.45) is 0.0699. The molecule has 0 atom stereocenters. The Labute approximate surface area is 167 Å². The molecular formula is C18H16Cl2NO3PS. The molecule has 0 fully saturated rings. The van der Waals surface area contributed by atoms with Crippen LogP contribution in [0.2, 0.25) is 10.0 Å². The zero-order valence-corrected chi connectivity index (χ0v) is 17.0. The van der Waals surface area contributed by atoms with Gasteiger partial charge in [-0.3, -0.25) is 0 Å². The Morgan fingerprint density at radius 3 is 2.31 bits per heavy atom. The van der Waals surface area contributed by atoms with Crippen LogP contribution in [0.1, 0.15) is 0 Å². The van der Waals surface area contributed by atoms with Crippen LogP contribution in [0.5, 0.6) is 5.75 Å². The van der Waals surface area contributed by atoms with E-state index in [1.165, 1.54) is 11.9 Å². The summed E-state index contributed by atoms with van der Waals surface area (Å²) >= 11 is 13.5. The van der Waals surface area contributed by atoms with Crippen molar-refractivity contribution in [1.29, 1.82) is 0 Å². The van der Waals surface area contributed by atoms with Crippen LogP contribution in [0.15, 0.2) is 59.5 Å². The zero-order chi connectivity index (χ0) is 18.7. The summed E-state index contributed by atoms with van der Waals surface area (Å²) < 4.78 is 7.27. The number of hydrogen-bond donors (Lipinski definition) is 2. The highest BCUT2D eigenvalue weighted by molar-refractivity contribution is 8.01. The highest BCUT2D eigenvalue weighted by Crippen LogP contribution is 2.41. The Hall–Kier alpha value is -1.20. The molecule has 3 rings (SSSR count). The van der Waals surface area contributed by atoms with Crippen molar-refractivity contribution in [3.63, 3.8) is 0 Å². The molecule has 3 aromatic carbocycles. The molecule has 0 unspecified atom stereocenters. The number of nitrogens with zero attached hydrogens (tertiary/aromatic N) is 1. The number of methoxy groups -OCH3 is 1. The van der Waals surface area contributed by atoms with Crippen molar-refractivity contribution in [1.82, 2.24) is 0 Å². The first-order valence-electron chi connectivity index (χ1n) is 7.60. The summed E-state index contributed by atoms with van der Waals surface area (Å²) in [5.41, 5.74) is 0.845. The minimum Gasteiger partial charge on any atom is -0.496 e. The first-order chi connectivity index (χ1) is 12.5. The third-order valence-corrected chi connectivity index (χ3v) is 5.81. The Balaban J connectivity index is 2.07. The van der Waals surface area contributed by atoms with E-state index in [-0.39, 0.29) is 6.29 Å². The van der Waals surface area contributed by atoms with Gasteiger partial charge in [-0.05, 0) is 42.3 Å². The van der Waals surface area contributed by atoms with Crippen LogP contribution in [-0.2, 0) is 0 Å². The fraction of sp³-hybridized carbons (Fsp3) is 0.111. The molecule has 0 aromatic heterocycles. The molecule has 0 bridgehead atoms. The zero-order valence-electron chi connectivity index (χ0n) is 13.8. The van der Waals surface area contributed by atoms with Gasteiger partial charge in [-0.1, -0.05) is 47.5 Å². The van der Waals surface area contributed by atoms with Gasteiger partial charge in [0.25, 0.3) is 0 Å². The SMILES string of the molecule is COc1cccc2c(N(CP(O)O)Sc3cc(Cl)cc(Cl)c3)cccc12. The number of rotatable bonds is 6. The third-order valence-electron chi connectivity index (χ3n) is 3.65. The van der Waals surface area contributed by atoms with Crippen molar-refractivity contribution in [2.24, 2.45) is 0 Å². The molecule has 4 nitrogen and oxygen atoms in total. The second-order valence-corrected chi connectivity index (χ2v) is 8.42. The monoisotopic (exact) mass is 427 g/mol. The van der Waals surface area contributed by atoms with Crippen molar-refractivity contribution in [2.75, 3.05) is 17.7 Å². The van der Waals surface area contributed by atoms with Crippen molar-refractivity contribution in [3.05, 3.63) is 64.6 Å². The van der Waals surface area contributed by atoms with Gasteiger partial charge in [0.1, 0.15) is 5.75 Å². The molecule has 0 radical (unpaired) electrons. The molecule has 0 aliphatic carbocycles. The van der Waals surface area contributed by atoms with Crippen molar-refractivity contribution in [2.45, 2.75) is 4.90 Å². The Morgan fingerprint density at radius 2 is 1.65 bits per heavy atom. The molecule has 0 saturated heterocycles. The van der Waals surface area contributed by atoms with E-state index < -0.39 is 8.38 Å². The fourth-order valence-electron chi connectivity index (χ4n) is 2.64. The number of hydrogen-bond acceptors (Lipinski definition) is 5. The number of fused-ring (bicyclic) bond motifs is 1. The summed E-state index contributed by atoms with van der Waals surface area (Å²) in [5, 5.41) is 2.94. The first kappa shape index (κ1) is 19.6. The van der Waals surface area contributed by atoms with Gasteiger partial charge in [0.05, 0.1) is 19.1 Å². The molecular weight excluding hydrogens is 412 g/mol. The average molecular weight is 428 g/mol. The van der Waals surface area contributed by atoms with Gasteiger partial charge < -0.3 is 18.8 Å². The van der Waals surface area contributed by atoms with Crippen LogP contribution in [0.3, 0.4) is 0 Å². The van der Waals surface area contributed by atoms with Gasteiger partial charge in [0.2, 0.25) is 0 Å². The molecule has 2 N–H and O–H groups in total. The van der Waals surface area contributed by atoms with E-state index in [2.05, 4.69) is 0 Å². The van der Waals surface area contributed by atoms with Gasteiger partial charge in [0.15, 0.2) is 8.38 Å². The Kier molecular flexibility index (Phi) is 6.51. The Bertz CT molecular complexity index is 906. The van der Waals surface area contributed by atoms with Crippen LogP contribution < -0.4 is 9.04 Å². The smallest absolute Gasteiger partial charge is 0.186 e. The van der Waals surface area contributed by atoms with E-state index in [0.717, 1.165) is 27.1 Å². The van der Waals surface area contributed by atoms with Crippen LogP contribution in [-0.4, -0.2) is 23.2 Å². The summed E-state index contributed by atoms with van der Waals surface area (Å²) in [4.78, 5) is 20.1. The summed E-state index contributed by atoms with van der Waals surface area (Å²) in [5.74, 6) is 0.760. The topological polar surface area (TPSA) is 52.9 Å². The predicted molar refractivity (Wildman–Crippen MR) is 112 cm³/mol. The van der Waals surface area contributed by atoms with Gasteiger partial charge in [-0.2, -0.15) is 0 Å². The van der Waals surface area contributed by atoms with E-state index in [0.29, 0.717) is 10.0 Å². The van der Waals surface area contributed by atoms with E-state index in [1.54, 1.807) is 25.3 Å². The predicted octanol–water partition coefficient (Wildman–Crippen LogP) is 5.92. The van der Waals surface area contributed by atoms with Gasteiger partial charge in [-0.15, -0.1) is 0 Å². The standard InChI is InChI=1S/C18H16Cl2NO3PS/c1-24-18-7-3-4-15-16(18)5-2-6-17(15)21(11-25(22)23)26-14-9-12(19)8-13(20)10-14/h2-10,22-23H,11H2,1H3. The number of anilines is 1. The summed E-state index contributed by atoms with van der Waals surface area (Å²) in [7, 11) is -0.506. The third kappa shape index (κ3) is 4.55. The fourth-order valence-corrected chi connectivity index (χ4v) is 5.09. The van der Waals surface area contributed by atoms with Gasteiger partial charge >= 0.3 is 0 Å². The minimum absolute atomic E-state index is 0.0699. The Morgan fingerprint density at radius 1 is 1.00 bits per heavy atom. The van der Waals surface area contributed by atoms with Crippen LogP contribution in [0, 0.1) is 0 Å². The molecule has 3 aromatic rings. The van der Waals surface area contributed by atoms with E-state index in [1.807, 2.05) is 40.7 Å². The molecule has 0 aliphatic rings. The molecule has 0 amide bonds. The van der Waals surface area contributed by atoms with Crippen molar-refractivity contribution < 1.29 is 14.5 Å². The van der Waals surface area contributed by atoms with E-state index >= 15 is 0 Å². The van der Waals surface area contributed by atoms with E-state index in [4.69, 9.17) is 27.9 Å². The number of benzene rings is 3. The average Bonchev–Trinajstić information content (AvgIpc) is 2.59. The lowest BCUT2D eigenvalue weighted by molar-refractivity contribution is 0.420. The summed E-state index contributed by atoms with van der Waals surface area (Å²) in [6.45, 7) is 0. The van der Waals surface area contributed by atoms with Crippen molar-refractivity contribution >= 4 is 60.0 Å². The summed E-state index contributed by atoms with van der Waals surface area (Å²) in [6, 6.07) is 16.8. The molecule has 0 aliphatic heterocycles. The van der Waals surface area contributed by atoms with Gasteiger partial charge in [0, 0.05) is 25.7 Å². The number of halogens is 2. The molecule has 0 saturated carbocycles. The van der Waals surface area contributed by atoms with Crippen LogP contribution in [0.4, 0.5) is 5.69 Å². The maximum atomic E-state index is 9.63. The highest BCUT2D eigenvalue weighted by Gasteiger charge is 2.17. The molecule has 26 heavy (non-hydrogen) atoms. The van der Waals surface area contributed by atoms with Crippen molar-refractivity contribution in [3.8, 4) is 5.75 Å². The lowest BCUT2D eigenvalue weighted by Crippen LogP contribution is -2.15. The van der Waals surface area contributed by atoms with Crippen LogP contribution in [0.25, 0.3) is 10.8 Å². The van der Waals surface area contributed by atoms with E-state index in [9.17, 15) is 9.79 Å². The van der Waals surface area contributed by atoms with Gasteiger partial charge in [-0.25, -0.2) is 0 Å². The second kappa shape index (κ2) is 8.66. The lowest BCUT2D eigenvalue weighted by atomic mass is 10.1. The quantitative estimate of drug-likeness (QED) is 0.377. The molecule has 8 heteroatoms. The van der Waals surface area contributed by atoms with Crippen LogP contribution >= 0.6 is 43.5 Å². The lowest BCUT2D eigenvalue weighted by Gasteiger charge is -2.25. The maximum absolute atomic E-state index is 9.63. The minimum atomic E-state index is -2.13. The largest absolute Gasteiger partial charge is 0.496 e. The first-order valence-corrected chi connectivity index (χ1v) is 10.6. The molecule has 136 valence electrons. The number of ether oxygens (including phenoxy) is 1. The molecule has 0 spiro atoms.